The van der Waals surface area contributed by atoms with Gasteiger partial charge in [-0.3, -0.25) is 0 Å². The summed E-state index contributed by atoms with van der Waals surface area (Å²) in [5, 5.41) is 0. The first-order valence-electron chi connectivity index (χ1n) is 3.79. The molecular weight excluding hydrogens is 129 g/mol. The van der Waals surface area contributed by atoms with Crippen LogP contribution in [-0.2, 0) is 0 Å². The zero-order valence-electron chi connectivity index (χ0n) is 6.95. The molecule has 1 unspecified atom stereocenters. The van der Waals surface area contributed by atoms with Crippen molar-refractivity contribution in [2.75, 3.05) is 0 Å². The van der Waals surface area contributed by atoms with E-state index in [1.807, 2.05) is 20.8 Å². The van der Waals surface area contributed by atoms with Gasteiger partial charge in [0.15, 0.2) is 0 Å². The van der Waals surface area contributed by atoms with E-state index in [0.29, 0.717) is 0 Å². The lowest BCUT2D eigenvalue weighted by atomic mass is 9.85. The van der Waals surface area contributed by atoms with Crippen molar-refractivity contribution >= 4 is 0 Å². The van der Waals surface area contributed by atoms with Crippen LogP contribution in [0, 0.1) is 5.41 Å². The quantitative estimate of drug-likeness (QED) is 0.598. The molecule has 0 heterocycles. The molecule has 0 aliphatic heterocycles. The molecule has 1 saturated carbocycles. The van der Waals surface area contributed by atoms with Crippen molar-refractivity contribution < 1.29 is 4.39 Å². The maximum Gasteiger partial charge on any atom is 0.123 e. The molecular formula is C8H16FN. The first-order valence-corrected chi connectivity index (χ1v) is 3.79. The van der Waals surface area contributed by atoms with Gasteiger partial charge >= 0.3 is 0 Å². The normalized spacial score (nSPS) is 26.1. The maximum absolute atomic E-state index is 13.4. The lowest BCUT2D eigenvalue weighted by Crippen LogP contribution is -2.42. The van der Waals surface area contributed by atoms with Crippen LogP contribution in [0.3, 0.4) is 0 Å². The number of nitrogens with two attached hydrogens (primary N) is 1. The van der Waals surface area contributed by atoms with Crippen LogP contribution in [0.4, 0.5) is 4.39 Å². The molecule has 1 rings (SSSR count). The Hall–Kier alpha value is -0.110. The third-order valence-electron chi connectivity index (χ3n) is 2.09. The van der Waals surface area contributed by atoms with E-state index in [4.69, 9.17) is 5.73 Å². The number of halogens is 1. The van der Waals surface area contributed by atoms with E-state index in [1.54, 1.807) is 0 Å². The lowest BCUT2D eigenvalue weighted by Gasteiger charge is -2.28. The van der Waals surface area contributed by atoms with Crippen LogP contribution in [0.1, 0.15) is 33.6 Å². The molecule has 2 heteroatoms. The Morgan fingerprint density at radius 3 is 1.90 bits per heavy atom. The predicted molar refractivity (Wildman–Crippen MR) is 40.5 cm³/mol. The number of hydrogen-bond acceptors (Lipinski definition) is 1. The molecule has 0 spiro atoms. The van der Waals surface area contributed by atoms with Gasteiger partial charge in [-0.2, -0.15) is 0 Å². The first kappa shape index (κ1) is 7.99. The highest BCUT2D eigenvalue weighted by Gasteiger charge is 2.50. The Morgan fingerprint density at radius 1 is 1.40 bits per heavy atom. The van der Waals surface area contributed by atoms with Gasteiger partial charge in [0.2, 0.25) is 0 Å². The molecule has 1 fully saturated rings. The molecule has 0 saturated heterocycles. The predicted octanol–water partition coefficient (Wildman–Crippen LogP) is 1.86. The Bertz CT molecular complexity index is 127. The van der Waals surface area contributed by atoms with Gasteiger partial charge in [0.1, 0.15) is 6.17 Å². The van der Waals surface area contributed by atoms with Gasteiger partial charge in [0.05, 0.1) is 0 Å². The van der Waals surface area contributed by atoms with Crippen LogP contribution >= 0.6 is 0 Å². The summed E-state index contributed by atoms with van der Waals surface area (Å²) in [6.07, 6.45) is 0.858. The van der Waals surface area contributed by atoms with Crippen LogP contribution < -0.4 is 5.73 Å². The molecule has 0 aromatic rings. The Kier molecular flexibility index (Phi) is 1.55. The summed E-state index contributed by atoms with van der Waals surface area (Å²) in [7, 11) is 0. The van der Waals surface area contributed by atoms with Crippen LogP contribution in [0.2, 0.25) is 0 Å². The average molecular weight is 145 g/mol. The number of rotatable bonds is 1. The molecule has 0 bridgehead atoms. The van der Waals surface area contributed by atoms with Gasteiger partial charge in [-0.05, 0) is 18.3 Å². The van der Waals surface area contributed by atoms with E-state index in [2.05, 4.69) is 0 Å². The summed E-state index contributed by atoms with van der Waals surface area (Å²) in [4.78, 5) is 0. The summed E-state index contributed by atoms with van der Waals surface area (Å²) >= 11 is 0. The van der Waals surface area contributed by atoms with E-state index in [9.17, 15) is 4.39 Å². The molecule has 60 valence electrons. The van der Waals surface area contributed by atoms with Crippen molar-refractivity contribution in [2.24, 2.45) is 11.1 Å². The molecule has 10 heavy (non-hydrogen) atoms. The fourth-order valence-corrected chi connectivity index (χ4v) is 1.26. The van der Waals surface area contributed by atoms with Crippen LogP contribution in [0.25, 0.3) is 0 Å². The van der Waals surface area contributed by atoms with Gasteiger partial charge in [-0.25, -0.2) is 4.39 Å². The van der Waals surface area contributed by atoms with Crippen molar-refractivity contribution in [1.29, 1.82) is 0 Å². The van der Waals surface area contributed by atoms with E-state index in [-0.39, 0.29) is 5.41 Å². The smallest absolute Gasteiger partial charge is 0.123 e. The largest absolute Gasteiger partial charge is 0.323 e. The van der Waals surface area contributed by atoms with Gasteiger partial charge in [-0.15, -0.1) is 0 Å². The molecule has 0 radical (unpaired) electrons. The summed E-state index contributed by atoms with van der Waals surface area (Å²) in [5.74, 6) is 0. The van der Waals surface area contributed by atoms with Crippen LogP contribution in [0.5, 0.6) is 0 Å². The van der Waals surface area contributed by atoms with Gasteiger partial charge in [-0.1, -0.05) is 20.8 Å². The third kappa shape index (κ3) is 1.31. The topological polar surface area (TPSA) is 26.0 Å². The molecule has 1 nitrogen and oxygen atoms in total. The van der Waals surface area contributed by atoms with Gasteiger partial charge in [0, 0.05) is 5.54 Å². The molecule has 1 aliphatic carbocycles. The van der Waals surface area contributed by atoms with Crippen molar-refractivity contribution in [3.05, 3.63) is 0 Å². The fourth-order valence-electron chi connectivity index (χ4n) is 1.26. The molecule has 0 amide bonds. The van der Waals surface area contributed by atoms with Crippen LogP contribution in [-0.4, -0.2) is 11.7 Å². The Balaban J connectivity index is 2.57. The SMILES string of the molecule is CC(C)(C)C(F)C1(N)CC1. The minimum Gasteiger partial charge on any atom is -0.323 e. The zero-order chi connectivity index (χ0) is 7.99. The second-order valence-corrected chi connectivity index (χ2v) is 4.46. The highest BCUT2D eigenvalue weighted by atomic mass is 19.1. The molecule has 0 aromatic heterocycles. The number of hydrogen-bond donors (Lipinski definition) is 1. The second kappa shape index (κ2) is 1.94. The van der Waals surface area contributed by atoms with E-state index in [1.165, 1.54) is 0 Å². The highest BCUT2D eigenvalue weighted by molar-refractivity contribution is 5.08. The van der Waals surface area contributed by atoms with E-state index >= 15 is 0 Å². The summed E-state index contributed by atoms with van der Waals surface area (Å²) < 4.78 is 13.4. The summed E-state index contributed by atoms with van der Waals surface area (Å²) in [6, 6.07) is 0. The van der Waals surface area contributed by atoms with Crippen molar-refractivity contribution in [2.45, 2.75) is 45.3 Å². The highest BCUT2D eigenvalue weighted by Crippen LogP contribution is 2.44. The maximum atomic E-state index is 13.4. The third-order valence-corrected chi connectivity index (χ3v) is 2.09. The summed E-state index contributed by atoms with van der Waals surface area (Å²) in [5.41, 5.74) is 4.94. The average Bonchev–Trinajstić information content (AvgIpc) is 2.45. The standard InChI is InChI=1S/C8H16FN/c1-7(2,3)6(9)8(10)4-5-8/h6H,4-5,10H2,1-3H3. The minimum atomic E-state index is -0.847. The zero-order valence-corrected chi connectivity index (χ0v) is 6.95. The van der Waals surface area contributed by atoms with E-state index < -0.39 is 11.7 Å². The fraction of sp³-hybridized carbons (Fsp3) is 1.00. The van der Waals surface area contributed by atoms with Crippen LogP contribution in [0.15, 0.2) is 0 Å². The Labute approximate surface area is 61.8 Å². The molecule has 0 aromatic carbocycles. The van der Waals surface area contributed by atoms with Gasteiger partial charge < -0.3 is 5.73 Å². The minimum absolute atomic E-state index is 0.286. The molecule has 1 aliphatic rings. The monoisotopic (exact) mass is 145 g/mol. The molecule has 2 N–H and O–H groups in total. The van der Waals surface area contributed by atoms with Crippen molar-refractivity contribution in [1.82, 2.24) is 0 Å². The lowest BCUT2D eigenvalue weighted by molar-refractivity contribution is 0.123. The summed E-state index contributed by atoms with van der Waals surface area (Å²) in [6.45, 7) is 5.68. The number of alkyl halides is 1. The van der Waals surface area contributed by atoms with Crippen molar-refractivity contribution in [3.8, 4) is 0 Å². The second-order valence-electron chi connectivity index (χ2n) is 4.46. The van der Waals surface area contributed by atoms with E-state index in [0.717, 1.165) is 12.8 Å². The molecule has 1 atom stereocenters. The van der Waals surface area contributed by atoms with Crippen molar-refractivity contribution in [3.63, 3.8) is 0 Å². The Morgan fingerprint density at radius 2 is 1.80 bits per heavy atom. The van der Waals surface area contributed by atoms with Gasteiger partial charge in [0.25, 0.3) is 0 Å². The first-order chi connectivity index (χ1) is 4.36.